The van der Waals surface area contributed by atoms with Crippen molar-refractivity contribution in [1.29, 1.82) is 0 Å². The Hall–Kier alpha value is -3.40. The molecule has 1 heterocycles. The van der Waals surface area contributed by atoms with E-state index in [1.807, 2.05) is 23.1 Å². The molecule has 0 saturated carbocycles. The summed E-state index contributed by atoms with van der Waals surface area (Å²) in [4.78, 5) is 14.8. The van der Waals surface area contributed by atoms with E-state index in [0.29, 0.717) is 29.3 Å². The number of aromatic hydroxyl groups is 1. The fourth-order valence-corrected chi connectivity index (χ4v) is 5.41. The summed E-state index contributed by atoms with van der Waals surface area (Å²) in [6.45, 7) is 4.86. The van der Waals surface area contributed by atoms with Crippen molar-refractivity contribution in [2.75, 3.05) is 22.1 Å². The number of hydrogen-bond acceptors (Lipinski definition) is 4. The van der Waals surface area contributed by atoms with Gasteiger partial charge in [-0.2, -0.15) is 0 Å². The molecule has 0 saturated heterocycles. The number of amides is 2. The molecule has 0 bridgehead atoms. The number of phenolic OH excluding ortho intramolecular Hbond substituents is 1. The zero-order valence-electron chi connectivity index (χ0n) is 19.6. The van der Waals surface area contributed by atoms with E-state index < -0.39 is 12.4 Å². The van der Waals surface area contributed by atoms with Gasteiger partial charge in [-0.15, -0.1) is 13.2 Å². The maximum Gasteiger partial charge on any atom is 0.573 e. The van der Waals surface area contributed by atoms with Crippen LogP contribution in [-0.2, 0) is 5.41 Å². The summed E-state index contributed by atoms with van der Waals surface area (Å²) in [6.07, 6.45) is -3.07. The molecule has 6 nitrogen and oxygen atoms in total. The average Bonchev–Trinajstić information content (AvgIpc) is 3.19. The van der Waals surface area contributed by atoms with Gasteiger partial charge in [0.05, 0.1) is 17.1 Å². The highest BCUT2D eigenvalue weighted by atomic mass is 79.9. The second-order valence-corrected chi connectivity index (χ2v) is 9.39. The number of halogens is 4. The van der Waals surface area contributed by atoms with Gasteiger partial charge in [0, 0.05) is 27.7 Å². The molecule has 3 N–H and O–H groups in total. The van der Waals surface area contributed by atoms with E-state index in [0.717, 1.165) is 35.0 Å². The van der Waals surface area contributed by atoms with Crippen molar-refractivity contribution in [3.05, 3.63) is 70.7 Å². The van der Waals surface area contributed by atoms with Crippen LogP contribution in [0.4, 0.5) is 40.7 Å². The minimum atomic E-state index is -4.79. The third kappa shape index (κ3) is 5.09. The van der Waals surface area contributed by atoms with Crippen LogP contribution >= 0.6 is 15.9 Å². The van der Waals surface area contributed by atoms with Crippen LogP contribution in [0, 0.1) is 0 Å². The number of alkyl halides is 3. The SMILES string of the molecule is CCC1(CC)CN(c2ccccc2NC(=O)Nc2ccc(OC(F)(F)F)cc2)c2c(O)ccc(Br)c21. The van der Waals surface area contributed by atoms with E-state index >= 15 is 0 Å². The van der Waals surface area contributed by atoms with Crippen molar-refractivity contribution >= 4 is 44.7 Å². The molecule has 36 heavy (non-hydrogen) atoms. The first-order valence-corrected chi connectivity index (χ1v) is 12.2. The summed E-state index contributed by atoms with van der Waals surface area (Å²) in [5.74, 6) is -0.231. The van der Waals surface area contributed by atoms with E-state index in [-0.39, 0.29) is 16.9 Å². The minimum absolute atomic E-state index is 0.150. The Morgan fingerprint density at radius 1 is 1.06 bits per heavy atom. The number of rotatable bonds is 6. The molecule has 3 aromatic carbocycles. The molecule has 0 radical (unpaired) electrons. The number of nitrogens with zero attached hydrogens (tertiary/aromatic N) is 1. The molecular formula is C26H25BrF3N3O3. The molecule has 0 fully saturated rings. The van der Waals surface area contributed by atoms with E-state index in [2.05, 4.69) is 45.1 Å². The first kappa shape index (κ1) is 25.7. The van der Waals surface area contributed by atoms with Gasteiger partial charge in [0.1, 0.15) is 11.5 Å². The van der Waals surface area contributed by atoms with Crippen molar-refractivity contribution < 1.29 is 27.8 Å². The molecule has 0 atom stereocenters. The third-order valence-corrected chi connectivity index (χ3v) is 7.17. The fourth-order valence-electron chi connectivity index (χ4n) is 4.67. The predicted molar refractivity (Wildman–Crippen MR) is 137 cm³/mol. The van der Waals surface area contributed by atoms with Gasteiger partial charge in [-0.1, -0.05) is 41.9 Å². The number of carbonyl (C=O) groups excluding carboxylic acids is 1. The third-order valence-electron chi connectivity index (χ3n) is 6.51. The highest BCUT2D eigenvalue weighted by Crippen LogP contribution is 2.55. The molecule has 1 aliphatic heterocycles. The standard InChI is InChI=1S/C26H25BrF3N3O3/c1-3-25(4-2)15-33(23-21(34)14-13-18(27)22(23)25)20-8-6-5-7-19(20)32-24(35)31-16-9-11-17(12-10-16)36-26(28,29)30/h5-14,34H,3-4,15H2,1-2H3,(H2,31,32,35). The molecule has 1 aliphatic rings. The molecular weight excluding hydrogens is 539 g/mol. The molecule has 10 heteroatoms. The van der Waals surface area contributed by atoms with Gasteiger partial charge in [0.15, 0.2) is 0 Å². The molecule has 190 valence electrons. The highest BCUT2D eigenvalue weighted by molar-refractivity contribution is 9.10. The van der Waals surface area contributed by atoms with Crippen LogP contribution in [0.2, 0.25) is 0 Å². The molecule has 0 aliphatic carbocycles. The fraction of sp³-hybridized carbons (Fsp3) is 0.269. The van der Waals surface area contributed by atoms with Crippen LogP contribution in [0.1, 0.15) is 32.3 Å². The predicted octanol–water partition coefficient (Wildman–Crippen LogP) is 7.91. The number of para-hydroxylation sites is 2. The Labute approximate surface area is 215 Å². The van der Waals surface area contributed by atoms with Crippen molar-refractivity contribution in [3.8, 4) is 11.5 Å². The normalized spacial score (nSPS) is 14.3. The number of ether oxygens (including phenoxy) is 1. The van der Waals surface area contributed by atoms with Crippen LogP contribution in [0.5, 0.6) is 11.5 Å². The summed E-state index contributed by atoms with van der Waals surface area (Å²) in [5, 5.41) is 16.3. The second kappa shape index (κ2) is 9.93. The summed E-state index contributed by atoms with van der Waals surface area (Å²) in [5.41, 5.74) is 3.06. The maximum atomic E-state index is 12.8. The van der Waals surface area contributed by atoms with Crippen LogP contribution in [0.25, 0.3) is 0 Å². The number of phenols is 1. The minimum Gasteiger partial charge on any atom is -0.506 e. The Balaban J connectivity index is 1.59. The number of benzene rings is 3. The Kier molecular flexibility index (Phi) is 7.08. The summed E-state index contributed by atoms with van der Waals surface area (Å²) in [7, 11) is 0. The van der Waals surface area contributed by atoms with E-state index in [4.69, 9.17) is 0 Å². The van der Waals surface area contributed by atoms with E-state index in [1.54, 1.807) is 18.2 Å². The van der Waals surface area contributed by atoms with Gasteiger partial charge in [0.25, 0.3) is 0 Å². The van der Waals surface area contributed by atoms with E-state index in [9.17, 15) is 23.1 Å². The average molecular weight is 564 g/mol. The lowest BCUT2D eigenvalue weighted by molar-refractivity contribution is -0.274. The number of anilines is 4. The number of urea groups is 1. The number of fused-ring (bicyclic) bond motifs is 1. The first-order valence-electron chi connectivity index (χ1n) is 11.4. The van der Waals surface area contributed by atoms with Crippen molar-refractivity contribution in [1.82, 2.24) is 0 Å². The van der Waals surface area contributed by atoms with Crippen molar-refractivity contribution in [3.63, 3.8) is 0 Å². The number of nitrogens with one attached hydrogen (secondary N) is 2. The second-order valence-electron chi connectivity index (χ2n) is 8.53. The zero-order valence-corrected chi connectivity index (χ0v) is 21.2. The highest BCUT2D eigenvalue weighted by Gasteiger charge is 2.44. The van der Waals surface area contributed by atoms with Crippen LogP contribution < -0.4 is 20.3 Å². The van der Waals surface area contributed by atoms with Crippen molar-refractivity contribution in [2.45, 2.75) is 38.5 Å². The molecule has 4 rings (SSSR count). The number of carbonyl (C=O) groups is 1. The van der Waals surface area contributed by atoms with Crippen LogP contribution in [-0.4, -0.2) is 24.0 Å². The van der Waals surface area contributed by atoms with Gasteiger partial charge in [0.2, 0.25) is 0 Å². The monoisotopic (exact) mass is 563 g/mol. The summed E-state index contributed by atoms with van der Waals surface area (Å²) in [6, 6.07) is 15.0. The smallest absolute Gasteiger partial charge is 0.506 e. The van der Waals surface area contributed by atoms with Crippen molar-refractivity contribution in [2.24, 2.45) is 0 Å². The lowest BCUT2D eigenvalue weighted by Crippen LogP contribution is -2.31. The summed E-state index contributed by atoms with van der Waals surface area (Å²) < 4.78 is 41.9. The topological polar surface area (TPSA) is 73.8 Å². The molecule has 3 aromatic rings. The Morgan fingerprint density at radius 2 is 1.72 bits per heavy atom. The lowest BCUT2D eigenvalue weighted by Gasteiger charge is -2.29. The molecule has 0 unspecified atom stereocenters. The lowest BCUT2D eigenvalue weighted by atomic mass is 9.77. The zero-order chi connectivity index (χ0) is 26.1. The van der Waals surface area contributed by atoms with E-state index in [1.165, 1.54) is 12.1 Å². The molecule has 0 aromatic heterocycles. The Bertz CT molecular complexity index is 1260. The van der Waals surface area contributed by atoms with Gasteiger partial charge < -0.3 is 25.4 Å². The van der Waals surface area contributed by atoms with Crippen LogP contribution in [0.3, 0.4) is 0 Å². The number of hydrogen-bond donors (Lipinski definition) is 3. The van der Waals surface area contributed by atoms with Gasteiger partial charge in [-0.3, -0.25) is 0 Å². The Morgan fingerprint density at radius 3 is 2.36 bits per heavy atom. The molecule has 2 amide bonds. The molecule has 0 spiro atoms. The summed E-state index contributed by atoms with van der Waals surface area (Å²) >= 11 is 3.67. The maximum absolute atomic E-state index is 12.8. The van der Waals surface area contributed by atoms with Crippen LogP contribution in [0.15, 0.2) is 65.1 Å². The van der Waals surface area contributed by atoms with Gasteiger partial charge in [-0.25, -0.2) is 4.79 Å². The van der Waals surface area contributed by atoms with Gasteiger partial charge in [-0.05, 0) is 61.4 Å². The quantitative estimate of drug-likeness (QED) is 0.285. The largest absolute Gasteiger partial charge is 0.573 e. The first-order chi connectivity index (χ1) is 17.1. The van der Waals surface area contributed by atoms with Gasteiger partial charge >= 0.3 is 12.4 Å².